The van der Waals surface area contributed by atoms with Crippen molar-refractivity contribution in [3.63, 3.8) is 0 Å². The minimum atomic E-state index is -0.465. The van der Waals surface area contributed by atoms with Crippen LogP contribution in [0.1, 0.15) is 20.9 Å². The number of esters is 1. The maximum atomic E-state index is 11.9. The molecule has 0 aliphatic heterocycles. The molecule has 0 bridgehead atoms. The molecule has 0 aliphatic rings. The second-order valence-corrected chi connectivity index (χ2v) is 5.52. The average molecular weight is 332 g/mol. The molecule has 120 valence electrons. The van der Waals surface area contributed by atoms with E-state index in [1.807, 2.05) is 24.3 Å². The molecule has 1 N–H and O–H groups in total. The molecule has 0 fully saturated rings. The van der Waals surface area contributed by atoms with Crippen molar-refractivity contribution in [2.24, 2.45) is 0 Å². The van der Waals surface area contributed by atoms with Crippen molar-refractivity contribution < 1.29 is 19.1 Å². The molecule has 23 heavy (non-hydrogen) atoms. The molecule has 0 saturated heterocycles. The first-order chi connectivity index (χ1) is 11.0. The number of carbonyl (C=O) groups is 2. The molecule has 0 radical (unpaired) electrons. The average Bonchev–Trinajstić information content (AvgIpc) is 2.92. The van der Waals surface area contributed by atoms with Gasteiger partial charge >= 0.3 is 5.97 Å². The highest BCUT2D eigenvalue weighted by Gasteiger charge is 2.16. The van der Waals surface area contributed by atoms with E-state index < -0.39 is 5.97 Å². The second-order valence-electron chi connectivity index (χ2n) is 4.52. The summed E-state index contributed by atoms with van der Waals surface area (Å²) in [4.78, 5) is 27.9. The number of hydrogen-bond donors (Lipinski definition) is 1. The molecule has 6 nitrogen and oxygen atoms in total. The molecule has 1 heterocycles. The van der Waals surface area contributed by atoms with E-state index in [0.29, 0.717) is 21.5 Å². The highest BCUT2D eigenvalue weighted by Crippen LogP contribution is 2.23. The highest BCUT2D eigenvalue weighted by molar-refractivity contribution is 7.17. The van der Waals surface area contributed by atoms with Crippen molar-refractivity contribution in [3.8, 4) is 5.75 Å². The van der Waals surface area contributed by atoms with E-state index >= 15 is 0 Å². The zero-order chi connectivity index (χ0) is 16.8. The van der Waals surface area contributed by atoms with Crippen LogP contribution in [0, 0.1) is 6.92 Å². The Morgan fingerprint density at radius 3 is 2.78 bits per heavy atom. The summed E-state index contributed by atoms with van der Waals surface area (Å²) in [6.07, 6.45) is 3.06. The van der Waals surface area contributed by atoms with E-state index in [-0.39, 0.29) is 5.91 Å². The first-order valence-corrected chi connectivity index (χ1v) is 7.54. The summed E-state index contributed by atoms with van der Waals surface area (Å²) in [5.41, 5.74) is 1.36. The number of ether oxygens (including phenoxy) is 2. The van der Waals surface area contributed by atoms with Gasteiger partial charge in [0, 0.05) is 6.08 Å². The number of rotatable bonds is 5. The predicted octanol–water partition coefficient (Wildman–Crippen LogP) is 2.90. The lowest BCUT2D eigenvalue weighted by molar-refractivity contribution is -0.111. The first-order valence-electron chi connectivity index (χ1n) is 6.72. The summed E-state index contributed by atoms with van der Waals surface area (Å²) in [5, 5.41) is 2.97. The number of aromatic nitrogens is 1. The van der Waals surface area contributed by atoms with Gasteiger partial charge in [0.2, 0.25) is 5.91 Å². The number of carbonyl (C=O) groups excluding carboxylic acids is 2. The number of hydrogen-bond acceptors (Lipinski definition) is 6. The molecule has 0 unspecified atom stereocenters. The Bertz CT molecular complexity index is 752. The van der Waals surface area contributed by atoms with Crippen LogP contribution < -0.4 is 10.1 Å². The molecule has 1 aromatic heterocycles. The standard InChI is InChI=1S/C16H16N2O4S/c1-10-14(15(20)22-3)23-16(17-10)18-13(19)8-7-11-5-4-6-12(9-11)21-2/h4-9H,1-3H3,(H,17,18,19)/b8-7+. The highest BCUT2D eigenvalue weighted by atomic mass is 32.1. The van der Waals surface area contributed by atoms with Crippen LogP contribution in [-0.2, 0) is 9.53 Å². The van der Waals surface area contributed by atoms with E-state index in [1.54, 1.807) is 20.1 Å². The van der Waals surface area contributed by atoms with Gasteiger partial charge in [-0.2, -0.15) is 0 Å². The van der Waals surface area contributed by atoms with Crippen LogP contribution in [-0.4, -0.2) is 31.1 Å². The normalized spacial score (nSPS) is 10.6. The van der Waals surface area contributed by atoms with Crippen LogP contribution in [0.3, 0.4) is 0 Å². The SMILES string of the molecule is COC(=O)c1sc(NC(=O)/C=C/c2cccc(OC)c2)nc1C. The van der Waals surface area contributed by atoms with Crippen molar-refractivity contribution in [1.82, 2.24) is 4.98 Å². The monoisotopic (exact) mass is 332 g/mol. The third kappa shape index (κ3) is 4.40. The fourth-order valence-corrected chi connectivity index (χ4v) is 2.68. The third-order valence-electron chi connectivity index (χ3n) is 2.92. The molecule has 2 aromatic rings. The van der Waals surface area contributed by atoms with E-state index in [4.69, 9.17) is 4.74 Å². The Morgan fingerprint density at radius 1 is 1.30 bits per heavy atom. The van der Waals surface area contributed by atoms with Gasteiger partial charge in [0.15, 0.2) is 5.13 Å². The van der Waals surface area contributed by atoms with E-state index in [2.05, 4.69) is 15.0 Å². The Labute approximate surface area is 137 Å². The Kier molecular flexibility index (Phi) is 5.48. The van der Waals surface area contributed by atoms with E-state index in [0.717, 1.165) is 16.9 Å². The summed E-state index contributed by atoms with van der Waals surface area (Å²) < 4.78 is 9.78. The number of nitrogens with one attached hydrogen (secondary N) is 1. The zero-order valence-electron chi connectivity index (χ0n) is 13.0. The lowest BCUT2D eigenvalue weighted by Gasteiger charge is -2.00. The molecule has 0 atom stereocenters. The molecular formula is C16H16N2O4S. The fraction of sp³-hybridized carbons (Fsp3) is 0.188. The lowest BCUT2D eigenvalue weighted by atomic mass is 10.2. The van der Waals surface area contributed by atoms with Gasteiger partial charge in [0.25, 0.3) is 0 Å². The van der Waals surface area contributed by atoms with Gasteiger partial charge in [0.05, 0.1) is 19.9 Å². The van der Waals surface area contributed by atoms with Crippen molar-refractivity contribution in [2.75, 3.05) is 19.5 Å². The summed E-state index contributed by atoms with van der Waals surface area (Å²) in [6.45, 7) is 1.69. The van der Waals surface area contributed by atoms with Gasteiger partial charge in [-0.15, -0.1) is 0 Å². The van der Waals surface area contributed by atoms with Gasteiger partial charge in [-0.1, -0.05) is 23.5 Å². The third-order valence-corrected chi connectivity index (χ3v) is 3.97. The number of amides is 1. The van der Waals surface area contributed by atoms with Crippen LogP contribution in [0.4, 0.5) is 5.13 Å². The Morgan fingerprint density at radius 2 is 2.09 bits per heavy atom. The Hall–Kier alpha value is -2.67. The smallest absolute Gasteiger partial charge is 0.350 e. The van der Waals surface area contributed by atoms with E-state index in [9.17, 15) is 9.59 Å². The number of nitrogens with zero attached hydrogens (tertiary/aromatic N) is 1. The van der Waals surface area contributed by atoms with Gasteiger partial charge in [-0.25, -0.2) is 9.78 Å². The van der Waals surface area contributed by atoms with Crippen LogP contribution in [0.2, 0.25) is 0 Å². The first kappa shape index (κ1) is 16.7. The number of anilines is 1. The van der Waals surface area contributed by atoms with Crippen molar-refractivity contribution in [2.45, 2.75) is 6.92 Å². The minimum absolute atomic E-state index is 0.335. The van der Waals surface area contributed by atoms with E-state index in [1.165, 1.54) is 13.2 Å². The number of methoxy groups -OCH3 is 2. The molecule has 0 saturated carbocycles. The van der Waals surface area contributed by atoms with Gasteiger partial charge < -0.3 is 9.47 Å². The summed E-state index contributed by atoms with van der Waals surface area (Å²) in [6, 6.07) is 7.33. The molecule has 2 rings (SSSR count). The van der Waals surface area contributed by atoms with Crippen LogP contribution in [0.5, 0.6) is 5.75 Å². The van der Waals surface area contributed by atoms with Gasteiger partial charge in [-0.3, -0.25) is 10.1 Å². The quantitative estimate of drug-likeness (QED) is 0.673. The van der Waals surface area contributed by atoms with Crippen molar-refractivity contribution in [3.05, 3.63) is 46.5 Å². The summed E-state index contributed by atoms with van der Waals surface area (Å²) >= 11 is 1.08. The predicted molar refractivity (Wildman–Crippen MR) is 88.8 cm³/mol. The number of thiazole rings is 1. The maximum absolute atomic E-state index is 11.9. The lowest BCUT2D eigenvalue weighted by Crippen LogP contribution is -2.07. The fourth-order valence-electron chi connectivity index (χ4n) is 1.80. The maximum Gasteiger partial charge on any atom is 0.350 e. The van der Waals surface area contributed by atoms with Crippen molar-refractivity contribution >= 4 is 34.4 Å². The molecule has 7 heteroatoms. The Balaban J connectivity index is 2.04. The van der Waals surface area contributed by atoms with Crippen LogP contribution in [0.25, 0.3) is 6.08 Å². The summed E-state index contributed by atoms with van der Waals surface area (Å²) in [5.74, 6) is -0.0868. The molecule has 1 amide bonds. The van der Waals surface area contributed by atoms with Crippen LogP contribution >= 0.6 is 11.3 Å². The van der Waals surface area contributed by atoms with Crippen molar-refractivity contribution in [1.29, 1.82) is 0 Å². The molecular weight excluding hydrogens is 316 g/mol. The largest absolute Gasteiger partial charge is 0.497 e. The van der Waals surface area contributed by atoms with Gasteiger partial charge in [-0.05, 0) is 30.7 Å². The second kappa shape index (κ2) is 7.55. The zero-order valence-corrected chi connectivity index (χ0v) is 13.8. The number of aryl methyl sites for hydroxylation is 1. The molecule has 1 aromatic carbocycles. The minimum Gasteiger partial charge on any atom is -0.497 e. The summed E-state index contributed by atoms with van der Waals surface area (Å²) in [7, 11) is 2.88. The van der Waals surface area contributed by atoms with Crippen LogP contribution in [0.15, 0.2) is 30.3 Å². The molecule has 0 aliphatic carbocycles. The number of benzene rings is 1. The molecule has 0 spiro atoms. The van der Waals surface area contributed by atoms with Gasteiger partial charge in [0.1, 0.15) is 10.6 Å². The topological polar surface area (TPSA) is 77.5 Å².